The number of alkyl halides is 3. The van der Waals surface area contributed by atoms with Crippen LogP contribution in [0.2, 0.25) is 0 Å². The van der Waals surface area contributed by atoms with Crippen LogP contribution in [0.5, 0.6) is 11.5 Å². The third-order valence-electron chi connectivity index (χ3n) is 5.53. The molecule has 1 amide bonds. The third-order valence-corrected chi connectivity index (χ3v) is 6.76. The van der Waals surface area contributed by atoms with Gasteiger partial charge in [0.05, 0.1) is 19.3 Å². The summed E-state index contributed by atoms with van der Waals surface area (Å²) in [7, 11) is -3.33. The maximum atomic E-state index is 13.1. The lowest BCUT2D eigenvalue weighted by Gasteiger charge is -2.25. The second kappa shape index (κ2) is 13.0. The van der Waals surface area contributed by atoms with Crippen molar-refractivity contribution >= 4 is 16.0 Å². The number of halogens is 3. The van der Waals surface area contributed by atoms with Gasteiger partial charge >= 0.3 is 16.3 Å². The molecule has 39 heavy (non-hydrogen) atoms. The van der Waals surface area contributed by atoms with Gasteiger partial charge in [-0.15, -0.1) is 0 Å². The van der Waals surface area contributed by atoms with Crippen LogP contribution in [0.25, 0.3) is 0 Å². The summed E-state index contributed by atoms with van der Waals surface area (Å²) in [6, 6.07) is 17.2. The zero-order chi connectivity index (χ0) is 28.6. The molecule has 210 valence electrons. The molecule has 0 spiro atoms. The molecular weight excluding hydrogens is 535 g/mol. The lowest BCUT2D eigenvalue weighted by molar-refractivity contribution is -0.138. The Labute approximate surface area is 226 Å². The highest BCUT2D eigenvalue weighted by Gasteiger charge is 2.32. The van der Waals surface area contributed by atoms with Gasteiger partial charge in [-0.2, -0.15) is 21.6 Å². The summed E-state index contributed by atoms with van der Waals surface area (Å²) in [5.74, 6) is -0.278. The van der Waals surface area contributed by atoms with Gasteiger partial charge in [0.15, 0.2) is 11.5 Å². The number of rotatable bonds is 12. The molecule has 3 aromatic rings. The average Bonchev–Trinajstić information content (AvgIpc) is 2.88. The highest BCUT2D eigenvalue weighted by atomic mass is 32.2. The van der Waals surface area contributed by atoms with Gasteiger partial charge in [-0.05, 0) is 47.4 Å². The molecule has 0 saturated heterocycles. The molecule has 3 aromatic carbocycles. The molecule has 0 heterocycles. The van der Waals surface area contributed by atoms with E-state index in [9.17, 15) is 26.4 Å². The van der Waals surface area contributed by atoms with Crippen LogP contribution in [0.4, 0.5) is 13.2 Å². The SMILES string of the molecule is COc1ccc(CN(CC(C)C)C(=O)COCc2ccccc2)cc1OS(=O)(=O)c1cccc(C(F)(F)F)c1. The van der Waals surface area contributed by atoms with Crippen LogP contribution in [0.15, 0.2) is 77.7 Å². The molecule has 0 aliphatic carbocycles. The van der Waals surface area contributed by atoms with Gasteiger partial charge in [0.2, 0.25) is 5.91 Å². The van der Waals surface area contributed by atoms with E-state index in [1.54, 1.807) is 11.0 Å². The number of carbonyl (C=O) groups excluding carboxylic acids is 1. The van der Waals surface area contributed by atoms with Gasteiger partial charge in [-0.25, -0.2) is 0 Å². The van der Waals surface area contributed by atoms with Crippen LogP contribution < -0.4 is 8.92 Å². The van der Waals surface area contributed by atoms with Crippen LogP contribution in [-0.4, -0.2) is 39.5 Å². The van der Waals surface area contributed by atoms with Crippen LogP contribution in [0, 0.1) is 5.92 Å². The Morgan fingerprint density at radius 2 is 1.64 bits per heavy atom. The minimum atomic E-state index is -4.72. The summed E-state index contributed by atoms with van der Waals surface area (Å²) in [6.07, 6.45) is -4.72. The Hall–Kier alpha value is -3.57. The molecule has 0 atom stereocenters. The van der Waals surface area contributed by atoms with Crippen LogP contribution >= 0.6 is 0 Å². The summed E-state index contributed by atoms with van der Waals surface area (Å²) >= 11 is 0. The molecule has 0 saturated carbocycles. The van der Waals surface area contributed by atoms with Gasteiger partial charge in [-0.1, -0.05) is 56.3 Å². The Bertz CT molecular complexity index is 1360. The molecule has 0 radical (unpaired) electrons. The minimum absolute atomic E-state index is 0.0576. The van der Waals surface area contributed by atoms with E-state index in [2.05, 4.69) is 0 Å². The van der Waals surface area contributed by atoms with E-state index in [-0.39, 0.29) is 43.1 Å². The lowest BCUT2D eigenvalue weighted by Crippen LogP contribution is -2.36. The lowest BCUT2D eigenvalue weighted by atomic mass is 10.1. The normalized spacial score (nSPS) is 11.9. The minimum Gasteiger partial charge on any atom is -0.493 e. The Balaban J connectivity index is 1.79. The number of carbonyl (C=O) groups is 1. The van der Waals surface area contributed by atoms with E-state index in [4.69, 9.17) is 13.7 Å². The standard InChI is InChI=1S/C28H30F3NO6S/c1-20(2)16-32(27(33)19-37-18-21-8-5-4-6-9-21)17-22-12-13-25(36-3)26(14-22)38-39(34,35)24-11-7-10-23(15-24)28(29,30)31/h4-15,20H,16-19H2,1-3H3. The van der Waals surface area contributed by atoms with E-state index in [0.29, 0.717) is 18.2 Å². The number of hydrogen-bond donors (Lipinski definition) is 0. The number of benzene rings is 3. The van der Waals surface area contributed by atoms with Crippen molar-refractivity contribution in [1.29, 1.82) is 0 Å². The fraction of sp³-hybridized carbons (Fsp3) is 0.321. The number of methoxy groups -OCH3 is 1. The van der Waals surface area contributed by atoms with E-state index in [0.717, 1.165) is 23.8 Å². The summed E-state index contributed by atoms with van der Waals surface area (Å²) in [5, 5.41) is 0. The van der Waals surface area contributed by atoms with Crippen molar-refractivity contribution < 1.29 is 40.0 Å². The average molecular weight is 566 g/mol. The molecular formula is C28H30F3NO6S. The van der Waals surface area contributed by atoms with Gasteiger partial charge < -0.3 is 18.6 Å². The van der Waals surface area contributed by atoms with Crippen LogP contribution in [0.1, 0.15) is 30.5 Å². The maximum absolute atomic E-state index is 13.1. The van der Waals surface area contributed by atoms with Gasteiger partial charge in [0.25, 0.3) is 0 Å². The molecule has 0 fully saturated rings. The summed E-state index contributed by atoms with van der Waals surface area (Å²) < 4.78 is 81.0. The van der Waals surface area contributed by atoms with Crippen LogP contribution in [-0.2, 0) is 39.0 Å². The van der Waals surface area contributed by atoms with Crippen molar-refractivity contribution in [1.82, 2.24) is 4.90 Å². The van der Waals surface area contributed by atoms with Crippen molar-refractivity contribution in [2.24, 2.45) is 5.92 Å². The third kappa shape index (κ3) is 8.72. The largest absolute Gasteiger partial charge is 0.493 e. The van der Waals surface area contributed by atoms with E-state index in [1.165, 1.54) is 19.2 Å². The van der Waals surface area contributed by atoms with Gasteiger partial charge in [0, 0.05) is 13.1 Å². The van der Waals surface area contributed by atoms with E-state index < -0.39 is 26.8 Å². The van der Waals surface area contributed by atoms with Crippen molar-refractivity contribution in [3.8, 4) is 11.5 Å². The second-order valence-electron chi connectivity index (χ2n) is 9.19. The van der Waals surface area contributed by atoms with Gasteiger partial charge in [0.1, 0.15) is 11.5 Å². The quantitative estimate of drug-likeness (QED) is 0.263. The Morgan fingerprint density at radius 1 is 0.923 bits per heavy atom. The Kier molecular flexibility index (Phi) is 9.98. The van der Waals surface area contributed by atoms with Crippen molar-refractivity contribution in [3.05, 3.63) is 89.5 Å². The smallest absolute Gasteiger partial charge is 0.416 e. The van der Waals surface area contributed by atoms with Crippen LogP contribution in [0.3, 0.4) is 0 Å². The number of ether oxygens (including phenoxy) is 2. The predicted molar refractivity (Wildman–Crippen MR) is 139 cm³/mol. The number of hydrogen-bond acceptors (Lipinski definition) is 6. The zero-order valence-corrected chi connectivity index (χ0v) is 22.6. The molecule has 0 bridgehead atoms. The molecule has 0 N–H and O–H groups in total. The molecule has 0 aliphatic rings. The monoisotopic (exact) mass is 565 g/mol. The summed E-state index contributed by atoms with van der Waals surface area (Å²) in [5.41, 5.74) is 0.340. The molecule has 11 heteroatoms. The molecule has 0 unspecified atom stereocenters. The topological polar surface area (TPSA) is 82.1 Å². The Morgan fingerprint density at radius 3 is 2.28 bits per heavy atom. The van der Waals surface area contributed by atoms with Gasteiger partial charge in [-0.3, -0.25) is 4.79 Å². The summed E-state index contributed by atoms with van der Waals surface area (Å²) in [6.45, 7) is 4.57. The molecule has 0 aliphatic heterocycles. The first-order chi connectivity index (χ1) is 18.4. The molecule has 3 rings (SSSR count). The number of amides is 1. The highest BCUT2D eigenvalue weighted by Crippen LogP contribution is 2.34. The van der Waals surface area contributed by atoms with Crippen molar-refractivity contribution in [2.45, 2.75) is 38.1 Å². The van der Waals surface area contributed by atoms with E-state index in [1.807, 2.05) is 44.2 Å². The second-order valence-corrected chi connectivity index (χ2v) is 10.7. The first-order valence-corrected chi connectivity index (χ1v) is 13.5. The summed E-state index contributed by atoms with van der Waals surface area (Å²) in [4.78, 5) is 13.9. The molecule has 0 aromatic heterocycles. The maximum Gasteiger partial charge on any atom is 0.416 e. The van der Waals surface area contributed by atoms with Crippen molar-refractivity contribution in [3.63, 3.8) is 0 Å². The fourth-order valence-electron chi connectivity index (χ4n) is 3.72. The fourth-order valence-corrected chi connectivity index (χ4v) is 4.70. The highest BCUT2D eigenvalue weighted by molar-refractivity contribution is 7.87. The van der Waals surface area contributed by atoms with Crippen molar-refractivity contribution in [2.75, 3.05) is 20.3 Å². The molecule has 7 nitrogen and oxygen atoms in total. The number of nitrogens with zero attached hydrogens (tertiary/aromatic N) is 1. The van der Waals surface area contributed by atoms with E-state index >= 15 is 0 Å². The predicted octanol–water partition coefficient (Wildman–Crippen LogP) is 5.68. The first kappa shape index (κ1) is 30.0. The first-order valence-electron chi connectivity index (χ1n) is 12.1. The zero-order valence-electron chi connectivity index (χ0n) is 21.8.